The fourth-order valence-electron chi connectivity index (χ4n) is 7.75. The highest BCUT2D eigenvalue weighted by molar-refractivity contribution is 5.99. The molecule has 1 aliphatic rings. The molecular weight excluding hydrogens is 981 g/mol. The Hall–Kier alpha value is -6.40. The van der Waals surface area contributed by atoms with Crippen molar-refractivity contribution in [3.05, 3.63) is 35.9 Å². The van der Waals surface area contributed by atoms with Crippen LogP contribution in [-0.4, -0.2) is 181 Å². The molecule has 1 aromatic rings. The van der Waals surface area contributed by atoms with E-state index in [-0.39, 0.29) is 83.6 Å². The zero-order chi connectivity index (χ0) is 56.4. The Bertz CT molecular complexity index is 2050. The van der Waals surface area contributed by atoms with Gasteiger partial charge in [-0.1, -0.05) is 44.2 Å². The van der Waals surface area contributed by atoms with E-state index in [2.05, 4.69) is 53.2 Å². The minimum absolute atomic E-state index is 0.0475. The SMILES string of the molecule is CC(C)CC1NC(=O)C(Cc2ccccc2)NC(=O)C(CCN)NC(=O)C(NC(=O)C(CCN)NC(=O)C(NC(=O)C(N)CCN)C(C)O)CCNC(=O)C(C(C)O)NC(=O)C(CCN)NC(=O)C(CCN)NC1=O. The Balaban J connectivity index is 2.74. The normalized spacial score (nSPS) is 24.0. The summed E-state index contributed by atoms with van der Waals surface area (Å²) in [5, 5.41) is 46.4. The number of carbonyl (C=O) groups is 10. The number of amides is 10. The van der Waals surface area contributed by atoms with Gasteiger partial charge in [-0.2, -0.15) is 0 Å². The molecule has 0 saturated carbocycles. The highest BCUT2D eigenvalue weighted by atomic mass is 16.3. The van der Waals surface area contributed by atoms with Crippen molar-refractivity contribution in [2.75, 3.05) is 39.3 Å². The molecule has 1 saturated heterocycles. The van der Waals surface area contributed by atoms with Gasteiger partial charge in [-0.05, 0) is 103 Å². The summed E-state index contributed by atoms with van der Waals surface area (Å²) in [7, 11) is 0. The van der Waals surface area contributed by atoms with Gasteiger partial charge in [0.05, 0.1) is 18.2 Å². The summed E-state index contributed by atoms with van der Waals surface area (Å²) in [6.45, 7) is 4.96. The lowest BCUT2D eigenvalue weighted by Gasteiger charge is -2.28. The number of carbonyl (C=O) groups excluding carboxylic acids is 10. The molecule has 1 aliphatic heterocycles. The lowest BCUT2D eigenvalue weighted by molar-refractivity contribution is -0.136. The van der Waals surface area contributed by atoms with Crippen molar-refractivity contribution in [2.45, 2.75) is 152 Å². The van der Waals surface area contributed by atoms with E-state index in [9.17, 15) is 58.2 Å². The van der Waals surface area contributed by atoms with Crippen LogP contribution in [0.25, 0.3) is 0 Å². The molecule has 0 radical (unpaired) electrons. The summed E-state index contributed by atoms with van der Waals surface area (Å²) in [6.07, 6.45) is -4.24. The Morgan fingerprint density at radius 3 is 1.56 bits per heavy atom. The predicted molar refractivity (Wildman–Crippen MR) is 274 cm³/mol. The zero-order valence-corrected chi connectivity index (χ0v) is 43.2. The Morgan fingerprint density at radius 1 is 0.587 bits per heavy atom. The third-order valence-corrected chi connectivity index (χ3v) is 11.9. The summed E-state index contributed by atoms with van der Waals surface area (Å²) in [4.78, 5) is 139. The van der Waals surface area contributed by atoms with Gasteiger partial charge in [-0.25, -0.2) is 0 Å². The average Bonchev–Trinajstić information content (AvgIpc) is 3.35. The van der Waals surface area contributed by atoms with Crippen molar-refractivity contribution in [3.63, 3.8) is 0 Å². The monoisotopic (exact) mass is 1060 g/mol. The van der Waals surface area contributed by atoms with Gasteiger partial charge in [-0.3, -0.25) is 47.9 Å². The second-order valence-corrected chi connectivity index (χ2v) is 18.8. The van der Waals surface area contributed by atoms with Crippen LogP contribution in [0.3, 0.4) is 0 Å². The second-order valence-electron chi connectivity index (χ2n) is 18.8. The van der Waals surface area contributed by atoms with Crippen LogP contribution in [-0.2, 0) is 54.4 Å². The molecule has 12 atom stereocenters. The molecule has 422 valence electrons. The molecule has 1 aromatic carbocycles. The second kappa shape index (κ2) is 33.5. The number of nitrogens with one attached hydrogen (secondary N) is 10. The number of hydrogen-bond acceptors (Lipinski definition) is 18. The highest BCUT2D eigenvalue weighted by Gasteiger charge is 2.37. The fraction of sp³-hybridized carbons (Fsp3) is 0.660. The van der Waals surface area contributed by atoms with Gasteiger partial charge < -0.3 is 97.8 Å². The van der Waals surface area contributed by atoms with Crippen LogP contribution in [0.4, 0.5) is 0 Å². The van der Waals surface area contributed by atoms with Gasteiger partial charge >= 0.3 is 0 Å². The van der Waals surface area contributed by atoms with Crippen molar-refractivity contribution in [2.24, 2.45) is 40.3 Å². The third-order valence-electron chi connectivity index (χ3n) is 11.9. The van der Waals surface area contributed by atoms with Gasteiger partial charge in [0.25, 0.3) is 0 Å². The first-order valence-corrected chi connectivity index (χ1v) is 25.2. The van der Waals surface area contributed by atoms with E-state index in [1.54, 1.807) is 44.2 Å². The van der Waals surface area contributed by atoms with Crippen LogP contribution in [0, 0.1) is 5.92 Å². The lowest BCUT2D eigenvalue weighted by Crippen LogP contribution is -2.61. The molecule has 75 heavy (non-hydrogen) atoms. The molecule has 24 N–H and O–H groups in total. The van der Waals surface area contributed by atoms with E-state index in [0.29, 0.717) is 5.56 Å². The maximum absolute atomic E-state index is 14.4. The Kier molecular flexibility index (Phi) is 28.9. The van der Waals surface area contributed by atoms with Crippen LogP contribution in [0.2, 0.25) is 0 Å². The quantitative estimate of drug-likeness (QED) is 0.0513. The minimum atomic E-state index is -1.67. The molecule has 0 spiro atoms. The standard InChI is InChI=1S/C47H82N16O12/c1-24(2)22-34-44(72)57-29(11-17-49)39(67)56-32(14-20-52)43(71)63-36(25(3)64)46(74)54-21-15-33(58-40(68)31(13-19-51)59-47(75)37(26(4)65)62-38(66)28(53)10-16-48)42(70)55-30(12-18-50)41(69)61-35(45(73)60-34)23-27-8-6-5-7-9-27/h5-9,24-26,28-37,64-65H,10-23,48-53H2,1-4H3,(H,54,74)(H,55,70)(H,56,67)(H,57,72)(H,58,68)(H,59,75)(H,60,73)(H,61,69)(H,62,66)(H,63,71). The molecule has 12 unspecified atom stereocenters. The number of rotatable bonds is 22. The topological polar surface area (TPSA) is 488 Å². The molecule has 28 nitrogen and oxygen atoms in total. The van der Waals surface area contributed by atoms with Crippen molar-refractivity contribution in [1.82, 2.24) is 53.2 Å². The average molecular weight is 1060 g/mol. The predicted octanol–water partition coefficient (Wildman–Crippen LogP) is -8.01. The summed E-state index contributed by atoms with van der Waals surface area (Å²) in [5.41, 5.74) is 35.3. The minimum Gasteiger partial charge on any atom is -0.391 e. The van der Waals surface area contributed by atoms with Crippen LogP contribution >= 0.6 is 0 Å². The third kappa shape index (κ3) is 22.2. The van der Waals surface area contributed by atoms with Gasteiger partial charge in [-0.15, -0.1) is 0 Å². The maximum Gasteiger partial charge on any atom is 0.245 e. The molecule has 10 amide bonds. The summed E-state index contributed by atoms with van der Waals surface area (Å²) in [5.74, 6) is -9.37. The first-order valence-electron chi connectivity index (χ1n) is 25.2. The molecular formula is C47H82N16O12. The van der Waals surface area contributed by atoms with Gasteiger partial charge in [0, 0.05) is 13.0 Å². The molecule has 2 rings (SSSR count). The number of aliphatic hydroxyl groups excluding tert-OH is 2. The Labute approximate surface area is 436 Å². The van der Waals surface area contributed by atoms with Gasteiger partial charge in [0.15, 0.2) is 0 Å². The van der Waals surface area contributed by atoms with Gasteiger partial charge in [0.1, 0.15) is 54.4 Å². The molecule has 0 aliphatic carbocycles. The number of nitrogens with two attached hydrogens (primary N) is 6. The summed E-state index contributed by atoms with van der Waals surface area (Å²) < 4.78 is 0. The van der Waals surface area contributed by atoms with Crippen LogP contribution in [0.5, 0.6) is 0 Å². The Morgan fingerprint density at radius 2 is 1.07 bits per heavy atom. The lowest BCUT2D eigenvalue weighted by atomic mass is 10.00. The fourth-order valence-corrected chi connectivity index (χ4v) is 7.75. The largest absolute Gasteiger partial charge is 0.391 e. The van der Waals surface area contributed by atoms with Crippen molar-refractivity contribution >= 4 is 59.1 Å². The summed E-state index contributed by atoms with van der Waals surface area (Å²) >= 11 is 0. The van der Waals surface area contributed by atoms with Crippen LogP contribution < -0.4 is 87.6 Å². The van der Waals surface area contributed by atoms with E-state index in [0.717, 1.165) is 0 Å². The zero-order valence-electron chi connectivity index (χ0n) is 43.2. The maximum atomic E-state index is 14.4. The van der Waals surface area contributed by atoms with Crippen molar-refractivity contribution in [3.8, 4) is 0 Å². The smallest absolute Gasteiger partial charge is 0.245 e. The number of aliphatic hydroxyl groups is 2. The molecule has 1 fully saturated rings. The van der Waals surface area contributed by atoms with Gasteiger partial charge in [0.2, 0.25) is 59.1 Å². The van der Waals surface area contributed by atoms with Crippen molar-refractivity contribution < 1.29 is 58.2 Å². The van der Waals surface area contributed by atoms with E-state index in [1.165, 1.54) is 13.8 Å². The molecule has 1 heterocycles. The number of benzene rings is 1. The molecule has 0 bridgehead atoms. The molecule has 28 heteroatoms. The highest BCUT2D eigenvalue weighted by Crippen LogP contribution is 2.11. The van der Waals surface area contributed by atoms with E-state index in [1.807, 2.05) is 0 Å². The molecule has 0 aromatic heterocycles. The first-order chi connectivity index (χ1) is 35.5. The summed E-state index contributed by atoms with van der Waals surface area (Å²) in [6, 6.07) is -5.92. The van der Waals surface area contributed by atoms with Crippen LogP contribution in [0.1, 0.15) is 78.2 Å². The first kappa shape index (κ1) is 64.7. The van der Waals surface area contributed by atoms with E-state index >= 15 is 0 Å². The van der Waals surface area contributed by atoms with E-state index in [4.69, 9.17) is 34.4 Å². The van der Waals surface area contributed by atoms with Crippen molar-refractivity contribution in [1.29, 1.82) is 0 Å². The van der Waals surface area contributed by atoms with E-state index < -0.39 is 145 Å². The van der Waals surface area contributed by atoms with Crippen LogP contribution in [0.15, 0.2) is 30.3 Å². The number of hydrogen-bond donors (Lipinski definition) is 18.